The highest BCUT2D eigenvalue weighted by Crippen LogP contribution is 2.36. The van der Waals surface area contributed by atoms with Crippen LogP contribution >= 0.6 is 0 Å². The number of rotatable bonds is 3. The lowest BCUT2D eigenvalue weighted by Crippen LogP contribution is -2.37. The molecule has 0 bridgehead atoms. The van der Waals surface area contributed by atoms with E-state index in [1.165, 1.54) is 0 Å². The molecule has 1 rings (SSSR count). The first-order valence-corrected chi connectivity index (χ1v) is 5.29. The van der Waals surface area contributed by atoms with Crippen molar-refractivity contribution in [2.45, 2.75) is 45.6 Å². The summed E-state index contributed by atoms with van der Waals surface area (Å²) in [5, 5.41) is 0. The van der Waals surface area contributed by atoms with Gasteiger partial charge in [-0.2, -0.15) is 0 Å². The molecule has 4 heteroatoms. The molecule has 1 aliphatic carbocycles. The number of ether oxygens (including phenoxy) is 1. The van der Waals surface area contributed by atoms with Crippen molar-refractivity contribution in [1.29, 1.82) is 0 Å². The van der Waals surface area contributed by atoms with E-state index >= 15 is 0 Å². The van der Waals surface area contributed by atoms with E-state index in [0.29, 0.717) is 6.42 Å². The van der Waals surface area contributed by atoms with Gasteiger partial charge in [0.2, 0.25) is 5.91 Å². The van der Waals surface area contributed by atoms with Gasteiger partial charge in [0.1, 0.15) is 5.60 Å². The van der Waals surface area contributed by atoms with E-state index in [-0.39, 0.29) is 23.7 Å². The van der Waals surface area contributed by atoms with Crippen LogP contribution in [0.4, 0.5) is 0 Å². The molecule has 0 aliphatic heterocycles. The van der Waals surface area contributed by atoms with Crippen LogP contribution in [-0.4, -0.2) is 17.5 Å². The van der Waals surface area contributed by atoms with Gasteiger partial charge in [0.05, 0.1) is 0 Å². The maximum atomic E-state index is 11.4. The van der Waals surface area contributed by atoms with Crippen LogP contribution in [0.15, 0.2) is 0 Å². The summed E-state index contributed by atoms with van der Waals surface area (Å²) in [6.45, 7) is 5.54. The molecule has 1 aliphatic rings. The minimum absolute atomic E-state index is 0.0302. The van der Waals surface area contributed by atoms with Crippen molar-refractivity contribution < 1.29 is 14.3 Å². The summed E-state index contributed by atoms with van der Waals surface area (Å²) in [5.41, 5.74) is 4.71. The van der Waals surface area contributed by atoms with Crippen LogP contribution in [-0.2, 0) is 14.3 Å². The number of carbonyl (C=O) groups is 2. The molecule has 0 spiro atoms. The molecule has 0 saturated heterocycles. The molecule has 0 aromatic rings. The molecule has 0 atom stereocenters. The minimum atomic E-state index is -0.427. The molecule has 0 aromatic carbocycles. The van der Waals surface area contributed by atoms with Crippen molar-refractivity contribution in [3.05, 3.63) is 0 Å². The van der Waals surface area contributed by atoms with Crippen molar-refractivity contribution in [2.24, 2.45) is 17.6 Å². The van der Waals surface area contributed by atoms with E-state index in [1.807, 2.05) is 20.8 Å². The van der Waals surface area contributed by atoms with Crippen molar-refractivity contribution in [2.75, 3.05) is 0 Å². The van der Waals surface area contributed by atoms with Crippen LogP contribution in [0.5, 0.6) is 0 Å². The van der Waals surface area contributed by atoms with Gasteiger partial charge in [-0.05, 0) is 39.5 Å². The Hall–Kier alpha value is -1.06. The van der Waals surface area contributed by atoms with E-state index in [9.17, 15) is 9.59 Å². The highest BCUT2D eigenvalue weighted by Gasteiger charge is 2.35. The first kappa shape index (κ1) is 12.0. The Morgan fingerprint density at radius 2 is 1.87 bits per heavy atom. The average molecular weight is 213 g/mol. The van der Waals surface area contributed by atoms with E-state index in [0.717, 1.165) is 12.8 Å². The number of nitrogens with two attached hydrogens (primary N) is 1. The molecule has 0 aromatic heterocycles. The standard InChI is InChI=1S/C11H19NO3/c1-11(2,3)15-9(13)6-7-4-8(5-7)10(12)14/h7-8H,4-6H2,1-3H3,(H2,12,14). The number of primary amides is 1. The Morgan fingerprint density at radius 1 is 1.33 bits per heavy atom. The number of amides is 1. The van der Waals surface area contributed by atoms with Gasteiger partial charge in [0.15, 0.2) is 0 Å². The molecule has 1 saturated carbocycles. The summed E-state index contributed by atoms with van der Waals surface area (Å²) in [6.07, 6.45) is 1.87. The summed E-state index contributed by atoms with van der Waals surface area (Å²) in [6, 6.07) is 0. The number of hydrogen-bond acceptors (Lipinski definition) is 3. The summed E-state index contributed by atoms with van der Waals surface area (Å²) >= 11 is 0. The zero-order valence-electron chi connectivity index (χ0n) is 9.58. The Bertz CT molecular complexity index is 261. The third-order valence-corrected chi connectivity index (χ3v) is 2.51. The molecule has 0 radical (unpaired) electrons. The first-order valence-electron chi connectivity index (χ1n) is 5.29. The van der Waals surface area contributed by atoms with Gasteiger partial charge in [0.25, 0.3) is 0 Å². The molecule has 4 nitrogen and oxygen atoms in total. The topological polar surface area (TPSA) is 69.4 Å². The quantitative estimate of drug-likeness (QED) is 0.717. The molecular formula is C11H19NO3. The smallest absolute Gasteiger partial charge is 0.306 e. The fourth-order valence-electron chi connectivity index (χ4n) is 1.75. The highest BCUT2D eigenvalue weighted by molar-refractivity contribution is 5.78. The molecule has 1 fully saturated rings. The lowest BCUT2D eigenvalue weighted by atomic mass is 9.73. The van der Waals surface area contributed by atoms with Crippen LogP contribution < -0.4 is 5.73 Å². The van der Waals surface area contributed by atoms with Gasteiger partial charge in [-0.1, -0.05) is 0 Å². The van der Waals surface area contributed by atoms with Gasteiger partial charge in [0, 0.05) is 12.3 Å². The van der Waals surface area contributed by atoms with Crippen LogP contribution in [0, 0.1) is 11.8 Å². The molecule has 86 valence electrons. The van der Waals surface area contributed by atoms with Gasteiger partial charge >= 0.3 is 5.97 Å². The number of esters is 1. The van der Waals surface area contributed by atoms with Crippen LogP contribution in [0.25, 0.3) is 0 Å². The second-order valence-electron chi connectivity index (χ2n) is 5.23. The fourth-order valence-corrected chi connectivity index (χ4v) is 1.75. The van der Waals surface area contributed by atoms with Crippen molar-refractivity contribution in [3.8, 4) is 0 Å². The molecule has 2 N–H and O–H groups in total. The Morgan fingerprint density at radius 3 is 2.27 bits per heavy atom. The first-order chi connectivity index (χ1) is 6.78. The van der Waals surface area contributed by atoms with Gasteiger partial charge in [-0.15, -0.1) is 0 Å². The van der Waals surface area contributed by atoms with Crippen molar-refractivity contribution in [1.82, 2.24) is 0 Å². The van der Waals surface area contributed by atoms with E-state index in [4.69, 9.17) is 10.5 Å². The Labute approximate surface area is 90.2 Å². The molecular weight excluding hydrogens is 194 g/mol. The predicted octanol–water partition coefficient (Wildman–Crippen LogP) is 1.23. The maximum absolute atomic E-state index is 11.4. The lowest BCUT2D eigenvalue weighted by molar-refractivity contribution is -0.157. The van der Waals surface area contributed by atoms with Gasteiger partial charge in [-0.25, -0.2) is 0 Å². The number of carbonyl (C=O) groups excluding carboxylic acids is 2. The Balaban J connectivity index is 2.22. The summed E-state index contributed by atoms with van der Waals surface area (Å²) in [5.74, 6) is -0.194. The highest BCUT2D eigenvalue weighted by atomic mass is 16.6. The summed E-state index contributed by atoms with van der Waals surface area (Å²) in [4.78, 5) is 22.1. The SMILES string of the molecule is CC(C)(C)OC(=O)CC1CC(C(N)=O)C1. The largest absolute Gasteiger partial charge is 0.460 e. The van der Waals surface area contributed by atoms with E-state index in [1.54, 1.807) is 0 Å². The van der Waals surface area contributed by atoms with E-state index in [2.05, 4.69) is 0 Å². The predicted molar refractivity (Wildman–Crippen MR) is 55.9 cm³/mol. The minimum Gasteiger partial charge on any atom is -0.460 e. The molecule has 1 amide bonds. The van der Waals surface area contributed by atoms with Crippen molar-refractivity contribution >= 4 is 11.9 Å². The maximum Gasteiger partial charge on any atom is 0.306 e. The second-order valence-corrected chi connectivity index (χ2v) is 5.23. The van der Waals surface area contributed by atoms with Gasteiger partial charge in [-0.3, -0.25) is 9.59 Å². The zero-order chi connectivity index (χ0) is 11.6. The monoisotopic (exact) mass is 213 g/mol. The van der Waals surface area contributed by atoms with Crippen LogP contribution in [0.1, 0.15) is 40.0 Å². The molecule has 15 heavy (non-hydrogen) atoms. The third-order valence-electron chi connectivity index (χ3n) is 2.51. The van der Waals surface area contributed by atoms with Crippen LogP contribution in [0.2, 0.25) is 0 Å². The van der Waals surface area contributed by atoms with Gasteiger partial charge < -0.3 is 10.5 Å². The lowest BCUT2D eigenvalue weighted by Gasteiger charge is -2.33. The second kappa shape index (κ2) is 4.21. The van der Waals surface area contributed by atoms with E-state index < -0.39 is 5.60 Å². The molecule has 0 heterocycles. The fraction of sp³-hybridized carbons (Fsp3) is 0.818. The zero-order valence-corrected chi connectivity index (χ0v) is 9.58. The normalized spacial score (nSPS) is 25.5. The third kappa shape index (κ3) is 3.90. The van der Waals surface area contributed by atoms with Crippen molar-refractivity contribution in [3.63, 3.8) is 0 Å². The summed E-state index contributed by atoms with van der Waals surface area (Å²) < 4.78 is 5.18. The number of hydrogen-bond donors (Lipinski definition) is 1. The molecule has 0 unspecified atom stereocenters. The van der Waals surface area contributed by atoms with Crippen LogP contribution in [0.3, 0.4) is 0 Å². The average Bonchev–Trinajstić information content (AvgIpc) is 1.91. The summed E-state index contributed by atoms with van der Waals surface area (Å²) in [7, 11) is 0. The Kier molecular flexibility index (Phi) is 3.37.